The van der Waals surface area contributed by atoms with Crippen molar-refractivity contribution < 1.29 is 23.1 Å². The van der Waals surface area contributed by atoms with Crippen molar-refractivity contribution in [3.8, 4) is 11.1 Å². The summed E-state index contributed by atoms with van der Waals surface area (Å²) >= 11 is 0. The van der Waals surface area contributed by atoms with Gasteiger partial charge in [-0.05, 0) is 53.4 Å². The standard InChI is InChI=1S/C25H24N4O5S/c1-15(2)22(25(31)32)29-35(33,34)19-13-9-17(10-14-19)16-7-11-18(12-8-16)26-24(30)23-27-20-5-3-4-6-21(20)28-23/h3-15,22,29H,1-2H3,(H,26,30)(H,27,28)(H,31,32). The fraction of sp³-hybridized carbons (Fsp3) is 0.160. The van der Waals surface area contributed by atoms with Crippen LogP contribution in [-0.2, 0) is 14.8 Å². The molecule has 0 saturated heterocycles. The smallest absolute Gasteiger partial charge is 0.322 e. The lowest BCUT2D eigenvalue weighted by atomic mass is 10.1. The highest BCUT2D eigenvalue weighted by atomic mass is 32.2. The van der Waals surface area contributed by atoms with Gasteiger partial charge in [0, 0.05) is 5.69 Å². The van der Waals surface area contributed by atoms with Gasteiger partial charge in [-0.1, -0.05) is 50.2 Å². The molecule has 4 aromatic rings. The molecule has 1 unspecified atom stereocenters. The second-order valence-electron chi connectivity index (χ2n) is 8.34. The molecule has 10 heteroatoms. The number of sulfonamides is 1. The number of imidazole rings is 1. The first-order chi connectivity index (χ1) is 16.6. The Morgan fingerprint density at radius 1 is 0.914 bits per heavy atom. The van der Waals surface area contributed by atoms with Crippen molar-refractivity contribution in [2.75, 3.05) is 5.32 Å². The number of carboxylic acid groups (broad SMARTS) is 1. The zero-order chi connectivity index (χ0) is 25.2. The van der Waals surface area contributed by atoms with Crippen molar-refractivity contribution >= 4 is 38.6 Å². The van der Waals surface area contributed by atoms with E-state index in [4.69, 9.17) is 0 Å². The molecule has 0 radical (unpaired) electrons. The summed E-state index contributed by atoms with van der Waals surface area (Å²) in [5, 5.41) is 12.1. The van der Waals surface area contributed by atoms with Gasteiger partial charge in [-0.2, -0.15) is 4.72 Å². The lowest BCUT2D eigenvalue weighted by molar-refractivity contribution is -0.140. The molecular formula is C25H24N4O5S. The second kappa shape index (κ2) is 9.69. The van der Waals surface area contributed by atoms with Gasteiger partial charge in [-0.25, -0.2) is 13.4 Å². The van der Waals surface area contributed by atoms with Crippen LogP contribution in [0, 0.1) is 5.92 Å². The number of hydrogen-bond donors (Lipinski definition) is 4. The van der Waals surface area contributed by atoms with Gasteiger partial charge in [0.25, 0.3) is 5.91 Å². The van der Waals surface area contributed by atoms with Crippen molar-refractivity contribution in [3.05, 3.63) is 78.6 Å². The van der Waals surface area contributed by atoms with E-state index in [9.17, 15) is 23.1 Å². The highest BCUT2D eigenvalue weighted by molar-refractivity contribution is 7.89. The number of nitrogens with one attached hydrogen (secondary N) is 3. The van der Waals surface area contributed by atoms with Gasteiger partial charge in [0.2, 0.25) is 10.0 Å². The van der Waals surface area contributed by atoms with Gasteiger partial charge >= 0.3 is 5.97 Å². The molecule has 180 valence electrons. The Balaban J connectivity index is 1.45. The number of aromatic nitrogens is 2. The Labute approximate surface area is 202 Å². The van der Waals surface area contributed by atoms with Gasteiger partial charge in [-0.3, -0.25) is 9.59 Å². The van der Waals surface area contributed by atoms with E-state index in [0.717, 1.165) is 16.6 Å². The molecule has 3 aromatic carbocycles. The third-order valence-electron chi connectivity index (χ3n) is 5.46. The second-order valence-corrected chi connectivity index (χ2v) is 10.1. The van der Waals surface area contributed by atoms with Crippen LogP contribution < -0.4 is 10.0 Å². The minimum Gasteiger partial charge on any atom is -0.480 e. The SMILES string of the molecule is CC(C)C(NS(=O)(=O)c1ccc(-c2ccc(NC(=O)c3nc4ccccc4[nH]3)cc2)cc1)C(=O)O. The van der Waals surface area contributed by atoms with E-state index in [-0.39, 0.29) is 16.6 Å². The molecule has 0 spiro atoms. The van der Waals surface area contributed by atoms with E-state index >= 15 is 0 Å². The molecule has 1 heterocycles. The van der Waals surface area contributed by atoms with Gasteiger partial charge in [0.15, 0.2) is 5.82 Å². The zero-order valence-electron chi connectivity index (χ0n) is 19.0. The van der Waals surface area contributed by atoms with E-state index in [1.54, 1.807) is 50.2 Å². The van der Waals surface area contributed by atoms with Crippen LogP contribution in [0.3, 0.4) is 0 Å². The Hall–Kier alpha value is -4.02. The molecule has 1 amide bonds. The molecule has 35 heavy (non-hydrogen) atoms. The number of para-hydroxylation sites is 2. The minimum atomic E-state index is -3.99. The zero-order valence-corrected chi connectivity index (χ0v) is 19.8. The monoisotopic (exact) mass is 492 g/mol. The number of carbonyl (C=O) groups excluding carboxylic acids is 1. The molecule has 0 saturated carbocycles. The first kappa shape index (κ1) is 24.1. The van der Waals surface area contributed by atoms with Crippen LogP contribution in [0.4, 0.5) is 5.69 Å². The number of anilines is 1. The number of rotatable bonds is 8. The van der Waals surface area contributed by atoms with Crippen LogP contribution in [0.1, 0.15) is 24.5 Å². The number of fused-ring (bicyclic) bond motifs is 1. The maximum absolute atomic E-state index is 12.6. The van der Waals surface area contributed by atoms with Crippen molar-refractivity contribution in [2.45, 2.75) is 24.8 Å². The first-order valence-corrected chi connectivity index (χ1v) is 12.3. The van der Waals surface area contributed by atoms with Crippen molar-refractivity contribution in [3.63, 3.8) is 0 Å². The summed E-state index contributed by atoms with van der Waals surface area (Å²) < 4.78 is 27.4. The third kappa shape index (κ3) is 5.39. The molecule has 4 rings (SSSR count). The number of aliphatic carboxylic acids is 1. The lowest BCUT2D eigenvalue weighted by Gasteiger charge is -2.18. The molecule has 0 aliphatic heterocycles. The Kier molecular flexibility index (Phi) is 6.68. The Morgan fingerprint density at radius 3 is 2.09 bits per heavy atom. The summed E-state index contributed by atoms with van der Waals surface area (Å²) in [6.07, 6.45) is 0. The topological polar surface area (TPSA) is 141 Å². The summed E-state index contributed by atoms with van der Waals surface area (Å²) in [6.45, 7) is 3.26. The molecule has 9 nitrogen and oxygen atoms in total. The molecule has 4 N–H and O–H groups in total. The van der Waals surface area contributed by atoms with Crippen molar-refractivity contribution in [2.24, 2.45) is 5.92 Å². The van der Waals surface area contributed by atoms with E-state index in [0.29, 0.717) is 11.2 Å². The summed E-state index contributed by atoms with van der Waals surface area (Å²) in [4.78, 5) is 31.1. The van der Waals surface area contributed by atoms with Crippen LogP contribution in [0.5, 0.6) is 0 Å². The predicted molar refractivity (Wildman–Crippen MR) is 133 cm³/mol. The average molecular weight is 493 g/mol. The fourth-order valence-corrected chi connectivity index (χ4v) is 4.87. The minimum absolute atomic E-state index is 0.0251. The van der Waals surface area contributed by atoms with Gasteiger partial charge in [0.05, 0.1) is 15.9 Å². The molecule has 0 fully saturated rings. The number of carbonyl (C=O) groups is 2. The summed E-state index contributed by atoms with van der Waals surface area (Å²) in [6, 6.07) is 19.4. The highest BCUT2D eigenvalue weighted by Gasteiger charge is 2.28. The number of aromatic amines is 1. The summed E-state index contributed by atoms with van der Waals surface area (Å²) in [5.41, 5.74) is 3.63. The van der Waals surface area contributed by atoms with Gasteiger partial charge in [0.1, 0.15) is 6.04 Å². The average Bonchev–Trinajstić information content (AvgIpc) is 3.27. The highest BCUT2D eigenvalue weighted by Crippen LogP contribution is 2.24. The van der Waals surface area contributed by atoms with Crippen LogP contribution in [0.15, 0.2) is 77.7 Å². The molecule has 1 aromatic heterocycles. The lowest BCUT2D eigenvalue weighted by Crippen LogP contribution is -2.44. The van der Waals surface area contributed by atoms with Crippen LogP contribution in [0.25, 0.3) is 22.2 Å². The van der Waals surface area contributed by atoms with Crippen LogP contribution in [-0.4, -0.2) is 41.4 Å². The molecule has 0 bridgehead atoms. The van der Waals surface area contributed by atoms with E-state index in [2.05, 4.69) is 20.0 Å². The van der Waals surface area contributed by atoms with E-state index in [1.165, 1.54) is 12.1 Å². The van der Waals surface area contributed by atoms with Gasteiger partial charge in [-0.15, -0.1) is 0 Å². The van der Waals surface area contributed by atoms with Crippen molar-refractivity contribution in [1.82, 2.24) is 14.7 Å². The molecule has 1 atom stereocenters. The maximum atomic E-state index is 12.6. The Bertz CT molecular complexity index is 1440. The third-order valence-corrected chi connectivity index (χ3v) is 6.92. The predicted octanol–water partition coefficient (Wildman–Crippen LogP) is 3.87. The number of carboxylic acids is 1. The number of nitrogens with zero attached hydrogens (tertiary/aromatic N) is 1. The quantitative estimate of drug-likeness (QED) is 0.294. The number of benzene rings is 3. The molecular weight excluding hydrogens is 468 g/mol. The summed E-state index contributed by atoms with van der Waals surface area (Å²) in [5.74, 6) is -1.79. The van der Waals surface area contributed by atoms with Crippen LogP contribution in [0.2, 0.25) is 0 Å². The number of hydrogen-bond acceptors (Lipinski definition) is 5. The van der Waals surface area contributed by atoms with Gasteiger partial charge < -0.3 is 15.4 Å². The van der Waals surface area contributed by atoms with Crippen molar-refractivity contribution in [1.29, 1.82) is 0 Å². The number of amides is 1. The maximum Gasteiger partial charge on any atom is 0.322 e. The summed E-state index contributed by atoms with van der Waals surface area (Å²) in [7, 11) is -3.99. The number of H-pyrrole nitrogens is 1. The normalized spacial score (nSPS) is 12.5. The van der Waals surface area contributed by atoms with E-state index in [1.807, 2.05) is 24.3 Å². The largest absolute Gasteiger partial charge is 0.480 e. The van der Waals surface area contributed by atoms with E-state index < -0.39 is 28.0 Å². The first-order valence-electron chi connectivity index (χ1n) is 10.9. The molecule has 0 aliphatic rings. The molecule has 0 aliphatic carbocycles. The Morgan fingerprint density at radius 2 is 1.51 bits per heavy atom. The fourth-order valence-electron chi connectivity index (χ4n) is 3.53. The van der Waals surface area contributed by atoms with Crippen LogP contribution >= 0.6 is 0 Å².